The molecule has 0 unspecified atom stereocenters. The van der Waals surface area contributed by atoms with Crippen molar-refractivity contribution in [3.63, 3.8) is 0 Å². The van der Waals surface area contributed by atoms with Crippen LogP contribution in [0.4, 0.5) is 0 Å². The summed E-state index contributed by atoms with van der Waals surface area (Å²) in [6.07, 6.45) is 4.40. The molecular weight excluding hydrogens is 116 g/mol. The molecule has 50 valence electrons. The van der Waals surface area contributed by atoms with Crippen LogP contribution < -0.4 is 5.73 Å². The zero-order valence-corrected chi connectivity index (χ0v) is 5.21. The first-order chi connectivity index (χ1) is 4.33. The number of amides is 1. The maximum absolute atomic E-state index is 10.1. The smallest absolute Gasteiger partial charge is 0.213 e. The second-order valence-corrected chi connectivity index (χ2v) is 2.15. The van der Waals surface area contributed by atoms with Crippen LogP contribution in [-0.2, 0) is 4.79 Å². The number of nitrogens with zero attached hydrogens (tertiary/aromatic N) is 1. The normalized spacial score (nSPS) is 19.1. The lowest BCUT2D eigenvalue weighted by molar-refractivity contribution is -0.116. The summed E-state index contributed by atoms with van der Waals surface area (Å²) < 4.78 is 0. The van der Waals surface area contributed by atoms with Crippen LogP contribution in [0.2, 0.25) is 0 Å². The van der Waals surface area contributed by atoms with Gasteiger partial charge in [0.25, 0.3) is 0 Å². The molecule has 1 aliphatic heterocycles. The van der Waals surface area contributed by atoms with Gasteiger partial charge in [0.15, 0.2) is 0 Å². The van der Waals surface area contributed by atoms with Gasteiger partial charge in [-0.15, -0.1) is 0 Å². The average Bonchev–Trinajstić information content (AvgIpc) is 1.88. The Labute approximate surface area is 54.1 Å². The molecule has 1 amide bonds. The average molecular weight is 126 g/mol. The van der Waals surface area contributed by atoms with Gasteiger partial charge in [-0.3, -0.25) is 4.79 Å². The molecule has 0 saturated carbocycles. The van der Waals surface area contributed by atoms with Gasteiger partial charge in [0.1, 0.15) is 0 Å². The highest BCUT2D eigenvalue weighted by Gasteiger charge is 2.04. The molecule has 0 fully saturated rings. The fourth-order valence-electron chi connectivity index (χ4n) is 0.891. The Kier molecular flexibility index (Phi) is 1.72. The van der Waals surface area contributed by atoms with Gasteiger partial charge in [0.2, 0.25) is 6.41 Å². The Balaban J connectivity index is 2.56. The third-order valence-corrected chi connectivity index (χ3v) is 1.35. The second kappa shape index (κ2) is 2.53. The number of hydrogen-bond acceptors (Lipinski definition) is 2. The van der Waals surface area contributed by atoms with Crippen LogP contribution in [0.5, 0.6) is 0 Å². The topological polar surface area (TPSA) is 46.3 Å². The third kappa shape index (κ3) is 1.45. The Morgan fingerprint density at radius 1 is 1.78 bits per heavy atom. The SMILES string of the molecule is NC1=CN(C=O)CCC1. The van der Waals surface area contributed by atoms with Gasteiger partial charge in [-0.05, 0) is 12.8 Å². The van der Waals surface area contributed by atoms with E-state index in [0.717, 1.165) is 31.5 Å². The lowest BCUT2D eigenvalue weighted by Gasteiger charge is -2.18. The van der Waals surface area contributed by atoms with Gasteiger partial charge in [-0.25, -0.2) is 0 Å². The lowest BCUT2D eigenvalue weighted by Crippen LogP contribution is -2.23. The molecule has 0 spiro atoms. The zero-order valence-electron chi connectivity index (χ0n) is 5.21. The Morgan fingerprint density at radius 2 is 2.56 bits per heavy atom. The van der Waals surface area contributed by atoms with Gasteiger partial charge in [-0.2, -0.15) is 0 Å². The first-order valence-electron chi connectivity index (χ1n) is 3.00. The summed E-state index contributed by atoms with van der Waals surface area (Å²) >= 11 is 0. The molecule has 1 heterocycles. The number of carbonyl (C=O) groups excluding carboxylic acids is 1. The van der Waals surface area contributed by atoms with E-state index in [1.807, 2.05) is 0 Å². The van der Waals surface area contributed by atoms with E-state index in [1.165, 1.54) is 0 Å². The van der Waals surface area contributed by atoms with E-state index in [0.29, 0.717) is 0 Å². The van der Waals surface area contributed by atoms with E-state index in [2.05, 4.69) is 0 Å². The highest BCUT2D eigenvalue weighted by molar-refractivity contribution is 5.49. The number of allylic oxidation sites excluding steroid dienone is 1. The zero-order chi connectivity index (χ0) is 6.69. The van der Waals surface area contributed by atoms with Crippen LogP contribution in [0.3, 0.4) is 0 Å². The molecule has 2 N–H and O–H groups in total. The first-order valence-corrected chi connectivity index (χ1v) is 3.00. The molecule has 0 radical (unpaired) electrons. The summed E-state index contributed by atoms with van der Waals surface area (Å²) in [5, 5.41) is 0. The number of nitrogens with two attached hydrogens (primary N) is 1. The summed E-state index contributed by atoms with van der Waals surface area (Å²) in [5.41, 5.74) is 6.26. The minimum Gasteiger partial charge on any atom is -0.401 e. The van der Waals surface area contributed by atoms with Gasteiger partial charge >= 0.3 is 0 Å². The molecule has 0 atom stereocenters. The van der Waals surface area contributed by atoms with E-state index < -0.39 is 0 Å². The van der Waals surface area contributed by atoms with Crippen LogP contribution in [-0.4, -0.2) is 17.9 Å². The molecule has 0 aromatic heterocycles. The van der Waals surface area contributed by atoms with Gasteiger partial charge < -0.3 is 10.6 Å². The number of rotatable bonds is 1. The molecule has 3 heteroatoms. The largest absolute Gasteiger partial charge is 0.401 e. The van der Waals surface area contributed by atoms with Crippen molar-refractivity contribution in [2.45, 2.75) is 12.8 Å². The summed E-state index contributed by atoms with van der Waals surface area (Å²) in [7, 11) is 0. The summed E-state index contributed by atoms with van der Waals surface area (Å²) in [4.78, 5) is 11.7. The standard InChI is InChI=1S/C6H10N2O/c7-6-2-1-3-8(4-6)5-9/h4-5H,1-3,7H2. The quantitative estimate of drug-likeness (QED) is 0.504. The summed E-state index contributed by atoms with van der Waals surface area (Å²) in [6, 6.07) is 0. The van der Waals surface area contributed by atoms with Crippen LogP contribution in [0.25, 0.3) is 0 Å². The summed E-state index contributed by atoms with van der Waals surface area (Å²) in [5.74, 6) is 0. The van der Waals surface area contributed by atoms with Crippen LogP contribution >= 0.6 is 0 Å². The van der Waals surface area contributed by atoms with Gasteiger partial charge in [0.05, 0.1) is 0 Å². The maximum atomic E-state index is 10.1. The minimum absolute atomic E-state index is 0.798. The molecule has 0 bridgehead atoms. The monoisotopic (exact) mass is 126 g/mol. The molecule has 9 heavy (non-hydrogen) atoms. The van der Waals surface area contributed by atoms with Crippen LogP contribution in [0.15, 0.2) is 11.9 Å². The highest BCUT2D eigenvalue weighted by atomic mass is 16.1. The fourth-order valence-corrected chi connectivity index (χ4v) is 0.891. The van der Waals surface area contributed by atoms with Crippen LogP contribution in [0.1, 0.15) is 12.8 Å². The van der Waals surface area contributed by atoms with Crippen LogP contribution in [0, 0.1) is 0 Å². The number of hydrogen-bond donors (Lipinski definition) is 1. The molecule has 0 aromatic rings. The van der Waals surface area contributed by atoms with Gasteiger partial charge in [-0.1, -0.05) is 0 Å². The fraction of sp³-hybridized carbons (Fsp3) is 0.500. The van der Waals surface area contributed by atoms with E-state index in [4.69, 9.17) is 5.73 Å². The Hall–Kier alpha value is -0.990. The summed E-state index contributed by atoms with van der Waals surface area (Å²) in [6.45, 7) is 0.810. The predicted octanol–water partition coefficient (Wildman–Crippen LogP) is 0.0387. The lowest BCUT2D eigenvalue weighted by atomic mass is 10.2. The molecule has 0 aromatic carbocycles. The molecule has 3 nitrogen and oxygen atoms in total. The molecule has 1 aliphatic rings. The number of carbonyl (C=O) groups is 1. The Bertz CT molecular complexity index is 142. The van der Waals surface area contributed by atoms with E-state index in [1.54, 1.807) is 11.1 Å². The highest BCUT2D eigenvalue weighted by Crippen LogP contribution is 2.07. The molecule has 0 aliphatic carbocycles. The van der Waals surface area contributed by atoms with Crippen molar-refractivity contribution in [3.8, 4) is 0 Å². The van der Waals surface area contributed by atoms with E-state index in [9.17, 15) is 4.79 Å². The predicted molar refractivity (Wildman–Crippen MR) is 34.3 cm³/mol. The van der Waals surface area contributed by atoms with Gasteiger partial charge in [0, 0.05) is 18.4 Å². The molecule has 1 rings (SSSR count). The van der Waals surface area contributed by atoms with E-state index in [-0.39, 0.29) is 0 Å². The van der Waals surface area contributed by atoms with Crippen molar-refractivity contribution in [1.82, 2.24) is 4.90 Å². The van der Waals surface area contributed by atoms with Crippen molar-refractivity contribution in [3.05, 3.63) is 11.9 Å². The third-order valence-electron chi connectivity index (χ3n) is 1.35. The van der Waals surface area contributed by atoms with Crippen molar-refractivity contribution in [2.24, 2.45) is 5.73 Å². The van der Waals surface area contributed by atoms with Crippen molar-refractivity contribution >= 4 is 6.41 Å². The molecule has 0 saturated heterocycles. The maximum Gasteiger partial charge on any atom is 0.213 e. The Morgan fingerprint density at radius 3 is 3.00 bits per heavy atom. The molecular formula is C6H10N2O. The van der Waals surface area contributed by atoms with Crippen molar-refractivity contribution in [2.75, 3.05) is 6.54 Å². The van der Waals surface area contributed by atoms with E-state index >= 15 is 0 Å². The second-order valence-electron chi connectivity index (χ2n) is 2.15. The minimum atomic E-state index is 0.798. The van der Waals surface area contributed by atoms with Crippen molar-refractivity contribution < 1.29 is 4.79 Å². The first kappa shape index (κ1) is 6.13. The van der Waals surface area contributed by atoms with Crippen molar-refractivity contribution in [1.29, 1.82) is 0 Å².